The Balaban J connectivity index is 0.00000242. The van der Waals surface area contributed by atoms with Crippen LogP contribution in [0.1, 0.15) is 16.8 Å². The number of sulfonamides is 1. The lowest BCUT2D eigenvalue weighted by Crippen LogP contribution is -2.24. The van der Waals surface area contributed by atoms with Crippen LogP contribution in [0.15, 0.2) is 36.7 Å². The predicted molar refractivity (Wildman–Crippen MR) is 89.6 cm³/mol. The van der Waals surface area contributed by atoms with Crippen molar-refractivity contribution in [2.75, 3.05) is 31.2 Å². The summed E-state index contributed by atoms with van der Waals surface area (Å²) >= 11 is 0. The molecule has 2 rings (SSSR count). The highest BCUT2D eigenvalue weighted by molar-refractivity contribution is 7.92. The number of rotatable bonds is 6. The van der Waals surface area contributed by atoms with Gasteiger partial charge in [0.15, 0.2) is 5.78 Å². The molecule has 1 aromatic carbocycles. The fourth-order valence-electron chi connectivity index (χ4n) is 2.06. The van der Waals surface area contributed by atoms with Gasteiger partial charge in [0, 0.05) is 43.7 Å². The van der Waals surface area contributed by atoms with E-state index in [0.29, 0.717) is 24.2 Å². The van der Waals surface area contributed by atoms with E-state index in [4.69, 9.17) is 0 Å². The molecule has 0 saturated heterocycles. The van der Waals surface area contributed by atoms with Crippen LogP contribution in [0.3, 0.4) is 0 Å². The van der Waals surface area contributed by atoms with Gasteiger partial charge < -0.3 is 9.80 Å². The van der Waals surface area contributed by atoms with Gasteiger partial charge in [-0.1, -0.05) is 0 Å². The minimum atomic E-state index is -3.29. The highest BCUT2D eigenvalue weighted by Crippen LogP contribution is 2.13. The monoisotopic (exact) mass is 345 g/mol. The molecular weight excluding hydrogens is 326 g/mol. The summed E-state index contributed by atoms with van der Waals surface area (Å²) < 4.78 is 24.6. The second kappa shape index (κ2) is 7.51. The molecule has 0 radical (unpaired) electrons. The number of nitrogens with one attached hydrogen (secondary N) is 1. The molecule has 0 atom stereocenters. The Morgan fingerprint density at radius 1 is 1.23 bits per heavy atom. The average molecular weight is 346 g/mol. The molecule has 1 heterocycles. The van der Waals surface area contributed by atoms with Crippen molar-refractivity contribution < 1.29 is 13.2 Å². The number of carbonyl (C=O) groups excluding carboxylic acids is 1. The van der Waals surface area contributed by atoms with Gasteiger partial charge in [-0.25, -0.2) is 8.42 Å². The van der Waals surface area contributed by atoms with E-state index >= 15 is 0 Å². The zero-order chi connectivity index (χ0) is 15.5. The lowest BCUT2D eigenvalue weighted by molar-refractivity contribution is 0.0970. The lowest BCUT2D eigenvalue weighted by atomic mass is 10.1. The Morgan fingerprint density at radius 3 is 2.36 bits per heavy atom. The van der Waals surface area contributed by atoms with E-state index in [2.05, 4.69) is 9.62 Å². The fourth-order valence-corrected chi connectivity index (χ4v) is 2.63. The summed E-state index contributed by atoms with van der Waals surface area (Å²) in [5, 5.41) is 0. The number of carbonyl (C=O) groups is 1. The maximum absolute atomic E-state index is 12.1. The number of nitrogens with zero attached hydrogens (tertiary/aromatic N) is 2. The normalized spacial score (nSPS) is 13.9. The first-order valence-electron chi connectivity index (χ1n) is 6.57. The summed E-state index contributed by atoms with van der Waals surface area (Å²) in [6.45, 7) is 1.47. The van der Waals surface area contributed by atoms with Crippen LogP contribution in [0.4, 0.5) is 5.69 Å². The average Bonchev–Trinajstić information content (AvgIpc) is 2.81. The van der Waals surface area contributed by atoms with Gasteiger partial charge in [0.1, 0.15) is 0 Å². The molecule has 0 unspecified atom stereocenters. The van der Waals surface area contributed by atoms with Crippen LogP contribution in [0.25, 0.3) is 0 Å². The molecular formula is C14H20ClN3O3S. The number of Topliss-reactive ketones (excluding diaryl/α,β-unsaturated/α-hetero) is 1. The van der Waals surface area contributed by atoms with Gasteiger partial charge >= 0.3 is 0 Å². The van der Waals surface area contributed by atoms with E-state index in [9.17, 15) is 13.2 Å². The van der Waals surface area contributed by atoms with E-state index in [1.54, 1.807) is 24.3 Å². The van der Waals surface area contributed by atoms with Crippen molar-refractivity contribution in [1.29, 1.82) is 0 Å². The summed E-state index contributed by atoms with van der Waals surface area (Å²) in [4.78, 5) is 16.2. The molecule has 22 heavy (non-hydrogen) atoms. The largest absolute Gasteiger partial charge is 0.362 e. The topological polar surface area (TPSA) is 69.7 Å². The van der Waals surface area contributed by atoms with Crippen molar-refractivity contribution in [3.8, 4) is 0 Å². The number of hydrogen-bond donors (Lipinski definition) is 1. The number of ketones is 1. The van der Waals surface area contributed by atoms with Crippen LogP contribution in [0, 0.1) is 0 Å². The van der Waals surface area contributed by atoms with Crippen LogP contribution in [-0.2, 0) is 10.0 Å². The highest BCUT2D eigenvalue weighted by atomic mass is 35.5. The molecule has 8 heteroatoms. The maximum atomic E-state index is 12.1. The van der Waals surface area contributed by atoms with Crippen molar-refractivity contribution in [1.82, 2.24) is 9.80 Å². The molecule has 6 nitrogen and oxygen atoms in total. The molecule has 122 valence electrons. The van der Waals surface area contributed by atoms with Crippen LogP contribution >= 0.6 is 12.4 Å². The lowest BCUT2D eigenvalue weighted by Gasteiger charge is -2.17. The van der Waals surface area contributed by atoms with E-state index < -0.39 is 10.0 Å². The van der Waals surface area contributed by atoms with E-state index in [0.717, 1.165) is 12.9 Å². The van der Waals surface area contributed by atoms with Gasteiger partial charge in [-0.3, -0.25) is 9.52 Å². The first-order valence-corrected chi connectivity index (χ1v) is 8.46. The summed E-state index contributed by atoms with van der Waals surface area (Å²) in [7, 11) is -1.31. The van der Waals surface area contributed by atoms with Gasteiger partial charge in [0.05, 0.1) is 12.9 Å². The summed E-state index contributed by atoms with van der Waals surface area (Å²) in [6, 6.07) is 6.47. The van der Waals surface area contributed by atoms with Crippen molar-refractivity contribution in [3.05, 3.63) is 42.2 Å². The van der Waals surface area contributed by atoms with Crippen molar-refractivity contribution in [3.63, 3.8) is 0 Å². The van der Waals surface area contributed by atoms with Gasteiger partial charge in [-0.05, 0) is 24.3 Å². The second-order valence-electron chi connectivity index (χ2n) is 5.13. The maximum Gasteiger partial charge on any atom is 0.229 e. The Hall–Kier alpha value is -1.73. The number of hydrogen-bond acceptors (Lipinski definition) is 5. The smallest absolute Gasteiger partial charge is 0.229 e. The molecule has 0 bridgehead atoms. The Labute approximate surface area is 137 Å². The summed E-state index contributed by atoms with van der Waals surface area (Å²) in [6.07, 6.45) is 5.45. The second-order valence-corrected chi connectivity index (χ2v) is 6.88. The first kappa shape index (κ1) is 18.3. The fraction of sp³-hybridized carbons (Fsp3) is 0.357. The minimum Gasteiger partial charge on any atom is -0.362 e. The Bertz CT molecular complexity index is 644. The van der Waals surface area contributed by atoms with Gasteiger partial charge in [0.25, 0.3) is 0 Å². The number of benzene rings is 1. The first-order chi connectivity index (χ1) is 9.83. The molecule has 1 aliphatic heterocycles. The number of anilines is 1. The van der Waals surface area contributed by atoms with E-state index in [1.165, 1.54) is 0 Å². The van der Waals surface area contributed by atoms with Crippen molar-refractivity contribution >= 4 is 33.9 Å². The third-order valence-corrected chi connectivity index (χ3v) is 3.68. The molecule has 1 aliphatic rings. The molecule has 0 saturated carbocycles. The van der Waals surface area contributed by atoms with E-state index in [-0.39, 0.29) is 18.2 Å². The van der Waals surface area contributed by atoms with Gasteiger partial charge in [-0.15, -0.1) is 12.4 Å². The molecule has 0 spiro atoms. The Kier molecular flexibility index (Phi) is 6.25. The zero-order valence-electron chi connectivity index (χ0n) is 12.5. The quantitative estimate of drug-likeness (QED) is 0.795. The third kappa shape index (κ3) is 5.57. The molecule has 0 amide bonds. The molecule has 1 N–H and O–H groups in total. The van der Waals surface area contributed by atoms with Crippen LogP contribution in [0.5, 0.6) is 0 Å². The van der Waals surface area contributed by atoms with Crippen molar-refractivity contribution in [2.45, 2.75) is 6.42 Å². The zero-order valence-corrected chi connectivity index (χ0v) is 14.2. The minimum absolute atomic E-state index is 0. The third-order valence-electron chi connectivity index (χ3n) is 3.07. The highest BCUT2D eigenvalue weighted by Gasteiger charge is 2.12. The molecule has 0 aromatic heterocycles. The Morgan fingerprint density at radius 2 is 1.86 bits per heavy atom. The molecule has 0 fully saturated rings. The molecule has 0 aliphatic carbocycles. The summed E-state index contributed by atoms with van der Waals surface area (Å²) in [5.41, 5.74) is 1.05. The van der Waals surface area contributed by atoms with E-state index in [1.807, 2.05) is 24.3 Å². The number of halogens is 1. The van der Waals surface area contributed by atoms with Crippen LogP contribution < -0.4 is 4.72 Å². The molecule has 1 aromatic rings. The summed E-state index contributed by atoms with van der Waals surface area (Å²) in [5.74, 6) is 0.0452. The standard InChI is InChI=1S/C14H19N3O3S.ClH/c1-16-9-10-17(11-16)8-7-14(18)12-3-5-13(6-4-12)15-21(2,19)20;/h3-6,9-10,15H,7-8,11H2,1-2H3;1H. The van der Waals surface area contributed by atoms with Crippen LogP contribution in [0.2, 0.25) is 0 Å². The van der Waals surface area contributed by atoms with Gasteiger partial charge in [-0.2, -0.15) is 0 Å². The van der Waals surface area contributed by atoms with Crippen LogP contribution in [-0.4, -0.2) is 50.5 Å². The predicted octanol–water partition coefficient (Wildman–Crippen LogP) is 1.73. The SMILES string of the molecule is CN1C=CN(CCC(=O)c2ccc(NS(C)(=O)=O)cc2)C1.Cl. The van der Waals surface area contributed by atoms with Crippen molar-refractivity contribution in [2.24, 2.45) is 0 Å². The van der Waals surface area contributed by atoms with Gasteiger partial charge in [0.2, 0.25) is 10.0 Å².